The molecule has 0 unspecified atom stereocenters. The Balaban J connectivity index is 2.23. The van der Waals surface area contributed by atoms with E-state index in [1.165, 1.54) is 6.07 Å². The van der Waals surface area contributed by atoms with Crippen LogP contribution in [0.5, 0.6) is 11.5 Å². The largest absolute Gasteiger partial charge is 0.497 e. The molecule has 23 heavy (non-hydrogen) atoms. The lowest BCUT2D eigenvalue weighted by Gasteiger charge is -2.09. The summed E-state index contributed by atoms with van der Waals surface area (Å²) in [6, 6.07) is 8.45. The number of aromatic nitrogens is 4. The van der Waals surface area contributed by atoms with E-state index in [1.54, 1.807) is 43.1 Å². The van der Waals surface area contributed by atoms with Gasteiger partial charge < -0.3 is 9.47 Å². The first-order chi connectivity index (χ1) is 11.2. The number of benzene rings is 1. The maximum atomic E-state index is 11.9. The molecule has 0 radical (unpaired) electrons. The summed E-state index contributed by atoms with van der Waals surface area (Å²) < 4.78 is 12.1. The zero-order valence-corrected chi connectivity index (χ0v) is 13.1. The van der Waals surface area contributed by atoms with Gasteiger partial charge in [-0.1, -0.05) is 0 Å². The third-order valence-corrected chi connectivity index (χ3v) is 3.52. The number of aryl methyl sites for hydroxylation is 1. The molecule has 1 aromatic carbocycles. The molecule has 0 bridgehead atoms. The second-order valence-corrected chi connectivity index (χ2v) is 4.86. The lowest BCUT2D eigenvalue weighted by molar-refractivity contribution is 0.394. The van der Waals surface area contributed by atoms with Crippen molar-refractivity contribution >= 4 is 11.2 Å². The Morgan fingerprint density at radius 2 is 1.74 bits per heavy atom. The van der Waals surface area contributed by atoms with Crippen molar-refractivity contribution in [2.24, 2.45) is 0 Å². The van der Waals surface area contributed by atoms with Crippen LogP contribution in [0.1, 0.15) is 6.92 Å². The van der Waals surface area contributed by atoms with E-state index >= 15 is 0 Å². The maximum Gasteiger partial charge on any atom is 0.252 e. The summed E-state index contributed by atoms with van der Waals surface area (Å²) in [6.07, 6.45) is 0. The van der Waals surface area contributed by atoms with E-state index in [9.17, 15) is 4.79 Å². The van der Waals surface area contributed by atoms with E-state index in [4.69, 9.17) is 9.47 Å². The van der Waals surface area contributed by atoms with Crippen LogP contribution < -0.4 is 15.0 Å². The monoisotopic (exact) mass is 312 g/mol. The van der Waals surface area contributed by atoms with Crippen LogP contribution in [-0.2, 0) is 6.54 Å². The van der Waals surface area contributed by atoms with Crippen molar-refractivity contribution in [1.82, 2.24) is 19.7 Å². The van der Waals surface area contributed by atoms with Crippen LogP contribution in [0.2, 0.25) is 0 Å². The summed E-state index contributed by atoms with van der Waals surface area (Å²) in [6.45, 7) is 2.40. The molecule has 0 aliphatic heterocycles. The minimum atomic E-state index is -0.116. The molecular formula is C16H16N4O3. The Morgan fingerprint density at radius 3 is 2.35 bits per heavy atom. The SMILES string of the molecule is CCn1c(=O)ccc2nnc(-c3cc(OC)cc(OC)c3)nc21. The lowest BCUT2D eigenvalue weighted by atomic mass is 10.2. The minimum absolute atomic E-state index is 0.116. The Hall–Kier alpha value is -2.96. The third kappa shape index (κ3) is 2.73. The van der Waals surface area contributed by atoms with Crippen molar-refractivity contribution in [2.45, 2.75) is 13.5 Å². The molecule has 7 heteroatoms. The van der Waals surface area contributed by atoms with Crippen molar-refractivity contribution in [1.29, 1.82) is 0 Å². The average molecular weight is 312 g/mol. The number of ether oxygens (including phenoxy) is 2. The van der Waals surface area contributed by atoms with Crippen LogP contribution in [0, 0.1) is 0 Å². The number of nitrogens with zero attached hydrogens (tertiary/aromatic N) is 4. The fraction of sp³-hybridized carbons (Fsp3) is 0.250. The predicted octanol–water partition coefficient (Wildman–Crippen LogP) is 1.89. The van der Waals surface area contributed by atoms with Crippen molar-refractivity contribution in [3.8, 4) is 22.9 Å². The predicted molar refractivity (Wildman–Crippen MR) is 85.8 cm³/mol. The van der Waals surface area contributed by atoms with Gasteiger partial charge in [0.1, 0.15) is 17.0 Å². The van der Waals surface area contributed by atoms with Gasteiger partial charge in [-0.05, 0) is 25.1 Å². The van der Waals surface area contributed by atoms with Gasteiger partial charge in [-0.2, -0.15) is 0 Å². The van der Waals surface area contributed by atoms with Gasteiger partial charge in [-0.15, -0.1) is 10.2 Å². The van der Waals surface area contributed by atoms with E-state index in [-0.39, 0.29) is 5.56 Å². The normalized spacial score (nSPS) is 10.7. The molecule has 0 amide bonds. The van der Waals surface area contributed by atoms with E-state index < -0.39 is 0 Å². The van der Waals surface area contributed by atoms with Crippen molar-refractivity contribution in [3.63, 3.8) is 0 Å². The standard InChI is InChI=1S/C16H16N4O3/c1-4-20-14(21)6-5-13-16(20)17-15(19-18-13)10-7-11(22-2)9-12(8-10)23-3/h5-9H,4H2,1-3H3. The topological polar surface area (TPSA) is 79.1 Å². The molecule has 0 atom stereocenters. The lowest BCUT2D eigenvalue weighted by Crippen LogP contribution is -2.19. The number of hydrogen-bond acceptors (Lipinski definition) is 6. The van der Waals surface area contributed by atoms with E-state index in [0.717, 1.165) is 0 Å². The van der Waals surface area contributed by atoms with E-state index in [0.29, 0.717) is 40.6 Å². The molecule has 0 spiro atoms. The first-order valence-electron chi connectivity index (χ1n) is 7.14. The summed E-state index contributed by atoms with van der Waals surface area (Å²) in [7, 11) is 3.15. The molecule has 0 saturated carbocycles. The molecular weight excluding hydrogens is 296 g/mol. The van der Waals surface area contributed by atoms with Crippen LogP contribution in [0.4, 0.5) is 0 Å². The van der Waals surface area contributed by atoms with Crippen LogP contribution in [-0.4, -0.2) is 34.0 Å². The number of pyridine rings is 1. The molecule has 0 N–H and O–H groups in total. The molecule has 0 aliphatic rings. The first-order valence-corrected chi connectivity index (χ1v) is 7.14. The van der Waals surface area contributed by atoms with Crippen LogP contribution in [0.25, 0.3) is 22.6 Å². The zero-order valence-electron chi connectivity index (χ0n) is 13.1. The minimum Gasteiger partial charge on any atom is -0.497 e. The van der Waals surface area contributed by atoms with Gasteiger partial charge in [0.2, 0.25) is 0 Å². The highest BCUT2D eigenvalue weighted by atomic mass is 16.5. The molecule has 0 fully saturated rings. The molecule has 7 nitrogen and oxygen atoms in total. The van der Waals surface area contributed by atoms with Crippen molar-refractivity contribution < 1.29 is 9.47 Å². The number of hydrogen-bond donors (Lipinski definition) is 0. The second kappa shape index (κ2) is 6.04. The van der Waals surface area contributed by atoms with Gasteiger partial charge >= 0.3 is 0 Å². The molecule has 2 heterocycles. The van der Waals surface area contributed by atoms with E-state index in [2.05, 4.69) is 15.2 Å². The molecule has 0 saturated heterocycles. The van der Waals surface area contributed by atoms with Gasteiger partial charge in [0, 0.05) is 24.2 Å². The molecule has 118 valence electrons. The van der Waals surface area contributed by atoms with Gasteiger partial charge in [0.15, 0.2) is 11.5 Å². The Morgan fingerprint density at radius 1 is 1.04 bits per heavy atom. The third-order valence-electron chi connectivity index (χ3n) is 3.52. The summed E-state index contributed by atoms with van der Waals surface area (Å²) in [5.74, 6) is 1.66. The van der Waals surface area contributed by atoms with Crippen molar-refractivity contribution in [2.75, 3.05) is 14.2 Å². The van der Waals surface area contributed by atoms with Crippen LogP contribution >= 0.6 is 0 Å². The van der Waals surface area contributed by atoms with Gasteiger partial charge in [-0.3, -0.25) is 9.36 Å². The maximum absolute atomic E-state index is 11.9. The van der Waals surface area contributed by atoms with Gasteiger partial charge in [0.05, 0.1) is 14.2 Å². The van der Waals surface area contributed by atoms with Crippen LogP contribution in [0.15, 0.2) is 35.1 Å². The fourth-order valence-corrected chi connectivity index (χ4v) is 2.34. The highest BCUT2D eigenvalue weighted by Gasteiger charge is 2.11. The number of methoxy groups -OCH3 is 2. The molecule has 3 rings (SSSR count). The number of fused-ring (bicyclic) bond motifs is 1. The number of rotatable bonds is 4. The molecule has 2 aromatic heterocycles. The fourth-order valence-electron chi connectivity index (χ4n) is 2.34. The zero-order chi connectivity index (χ0) is 16.4. The summed E-state index contributed by atoms with van der Waals surface area (Å²) in [5.41, 5.74) is 1.67. The highest BCUT2D eigenvalue weighted by molar-refractivity contribution is 5.72. The Kier molecular flexibility index (Phi) is 3.92. The summed E-state index contributed by atoms with van der Waals surface area (Å²) >= 11 is 0. The molecule has 3 aromatic rings. The molecule has 0 aliphatic carbocycles. The Labute approximate surface area is 132 Å². The van der Waals surface area contributed by atoms with Gasteiger partial charge in [0.25, 0.3) is 5.56 Å². The van der Waals surface area contributed by atoms with Crippen LogP contribution in [0.3, 0.4) is 0 Å². The van der Waals surface area contributed by atoms with E-state index in [1.807, 2.05) is 6.92 Å². The highest BCUT2D eigenvalue weighted by Crippen LogP contribution is 2.28. The summed E-state index contributed by atoms with van der Waals surface area (Å²) in [4.78, 5) is 16.5. The Bertz CT molecular complexity index is 899. The second-order valence-electron chi connectivity index (χ2n) is 4.86. The smallest absolute Gasteiger partial charge is 0.252 e. The van der Waals surface area contributed by atoms with Crippen molar-refractivity contribution in [3.05, 3.63) is 40.7 Å². The first kappa shape index (κ1) is 15.0. The summed E-state index contributed by atoms with van der Waals surface area (Å²) in [5, 5.41) is 8.31. The average Bonchev–Trinajstić information content (AvgIpc) is 2.60. The van der Waals surface area contributed by atoms with Gasteiger partial charge in [-0.25, -0.2) is 4.98 Å². The quantitative estimate of drug-likeness (QED) is 0.732.